The highest BCUT2D eigenvalue weighted by molar-refractivity contribution is 7.89. The third-order valence-corrected chi connectivity index (χ3v) is 7.15. The number of primary sulfonamides is 1. The molecule has 1 aliphatic heterocycles. The SMILES string of the molecule is CS(=O)(=O)N1CCN(C(=O)c2ccc(S(N)(=O)=O)cc2)C[C@@H]1Cc1ccccc1. The van der Waals surface area contributed by atoms with Gasteiger partial charge in [0.25, 0.3) is 5.91 Å². The Kier molecular flexibility index (Phi) is 6.08. The highest BCUT2D eigenvalue weighted by atomic mass is 32.2. The Morgan fingerprint density at radius 3 is 2.17 bits per heavy atom. The molecule has 0 unspecified atom stereocenters. The minimum Gasteiger partial charge on any atom is -0.336 e. The van der Waals surface area contributed by atoms with E-state index in [1.54, 1.807) is 4.90 Å². The average Bonchev–Trinajstić information content (AvgIpc) is 2.67. The summed E-state index contributed by atoms with van der Waals surface area (Å²) in [7, 11) is -7.25. The second-order valence-corrected chi connectivity index (χ2v) is 10.5. The minimum absolute atomic E-state index is 0.0714. The number of nitrogens with two attached hydrogens (primary N) is 1. The molecule has 0 aliphatic carbocycles. The van der Waals surface area contributed by atoms with E-state index in [1.165, 1.54) is 34.8 Å². The number of benzene rings is 2. The molecule has 8 nitrogen and oxygen atoms in total. The number of nitrogens with zero attached hydrogens (tertiary/aromatic N) is 2. The highest BCUT2D eigenvalue weighted by Crippen LogP contribution is 2.20. The zero-order valence-corrected chi connectivity index (χ0v) is 17.6. The van der Waals surface area contributed by atoms with E-state index < -0.39 is 20.0 Å². The summed E-state index contributed by atoms with van der Waals surface area (Å²) in [5.74, 6) is -0.280. The lowest BCUT2D eigenvalue weighted by Crippen LogP contribution is -2.57. The highest BCUT2D eigenvalue weighted by Gasteiger charge is 2.34. The standard InChI is InChI=1S/C19H23N3O5S2/c1-28(24,25)22-12-11-21(14-17(22)13-15-5-3-2-4-6-15)19(23)16-7-9-18(10-8-16)29(20,26)27/h2-10,17H,11-14H2,1H3,(H2,20,26,27)/t17-/m0/s1. The van der Waals surface area contributed by atoms with Gasteiger partial charge in [-0.15, -0.1) is 0 Å². The van der Waals surface area contributed by atoms with Crippen LogP contribution < -0.4 is 5.14 Å². The average molecular weight is 438 g/mol. The second-order valence-electron chi connectivity index (χ2n) is 7.04. The molecule has 2 aromatic rings. The van der Waals surface area contributed by atoms with Gasteiger partial charge in [0.05, 0.1) is 11.2 Å². The molecule has 0 spiro atoms. The minimum atomic E-state index is -3.84. The van der Waals surface area contributed by atoms with Crippen LogP contribution in [0.4, 0.5) is 0 Å². The van der Waals surface area contributed by atoms with Crippen molar-refractivity contribution < 1.29 is 21.6 Å². The fourth-order valence-electron chi connectivity index (χ4n) is 3.48. The van der Waals surface area contributed by atoms with Crippen molar-refractivity contribution in [2.75, 3.05) is 25.9 Å². The van der Waals surface area contributed by atoms with Crippen molar-refractivity contribution in [3.8, 4) is 0 Å². The van der Waals surface area contributed by atoms with Crippen molar-refractivity contribution in [2.24, 2.45) is 5.14 Å². The van der Waals surface area contributed by atoms with Gasteiger partial charge in [0.2, 0.25) is 20.0 Å². The summed E-state index contributed by atoms with van der Waals surface area (Å²) in [5.41, 5.74) is 1.31. The van der Waals surface area contributed by atoms with Gasteiger partial charge in [0.1, 0.15) is 0 Å². The molecular formula is C19H23N3O5S2. The van der Waals surface area contributed by atoms with Gasteiger partial charge >= 0.3 is 0 Å². The van der Waals surface area contributed by atoms with Gasteiger partial charge in [-0.2, -0.15) is 4.31 Å². The zero-order valence-electron chi connectivity index (χ0n) is 15.9. The summed E-state index contributed by atoms with van der Waals surface area (Å²) in [6.45, 7) is 0.712. The number of sulfonamides is 2. The molecule has 1 amide bonds. The number of piperazine rings is 1. The summed E-state index contributed by atoms with van der Waals surface area (Å²) in [4.78, 5) is 14.4. The number of amides is 1. The molecule has 10 heteroatoms. The smallest absolute Gasteiger partial charge is 0.253 e. The van der Waals surface area contributed by atoms with Gasteiger partial charge < -0.3 is 4.90 Å². The van der Waals surface area contributed by atoms with Crippen LogP contribution in [0, 0.1) is 0 Å². The van der Waals surface area contributed by atoms with Crippen LogP contribution in [0.1, 0.15) is 15.9 Å². The molecule has 0 bridgehead atoms. The molecule has 2 N–H and O–H groups in total. The molecule has 0 saturated carbocycles. The van der Waals surface area contributed by atoms with Crippen LogP contribution in [-0.4, -0.2) is 63.9 Å². The van der Waals surface area contributed by atoms with Crippen molar-refractivity contribution in [1.82, 2.24) is 9.21 Å². The molecular weight excluding hydrogens is 414 g/mol. The number of hydrogen-bond acceptors (Lipinski definition) is 5. The first-order valence-electron chi connectivity index (χ1n) is 8.98. The van der Waals surface area contributed by atoms with Crippen molar-refractivity contribution in [2.45, 2.75) is 17.4 Å². The van der Waals surface area contributed by atoms with E-state index >= 15 is 0 Å². The zero-order chi connectivity index (χ0) is 21.2. The molecule has 0 aromatic heterocycles. The van der Waals surface area contributed by atoms with Crippen LogP contribution >= 0.6 is 0 Å². The number of rotatable bonds is 5. The number of carbonyl (C=O) groups is 1. The van der Waals surface area contributed by atoms with Crippen LogP contribution in [0.15, 0.2) is 59.5 Å². The number of hydrogen-bond donors (Lipinski definition) is 1. The lowest BCUT2D eigenvalue weighted by Gasteiger charge is -2.40. The Balaban J connectivity index is 1.81. The molecule has 1 saturated heterocycles. The Bertz CT molecular complexity index is 1080. The third-order valence-electron chi connectivity index (χ3n) is 4.89. The van der Waals surface area contributed by atoms with Crippen molar-refractivity contribution in [1.29, 1.82) is 0 Å². The first-order chi connectivity index (χ1) is 13.6. The molecule has 1 fully saturated rings. The van der Waals surface area contributed by atoms with Crippen LogP contribution in [0.3, 0.4) is 0 Å². The first kappa shape index (κ1) is 21.4. The molecule has 2 aromatic carbocycles. The predicted molar refractivity (Wildman–Crippen MR) is 109 cm³/mol. The van der Waals surface area contributed by atoms with Crippen LogP contribution in [-0.2, 0) is 26.5 Å². The van der Waals surface area contributed by atoms with Gasteiger partial charge in [-0.05, 0) is 36.2 Å². The third kappa shape index (κ3) is 5.21. The molecule has 1 heterocycles. The molecule has 156 valence electrons. The molecule has 0 radical (unpaired) electrons. The van der Waals surface area contributed by atoms with E-state index in [2.05, 4.69) is 0 Å². The van der Waals surface area contributed by atoms with E-state index in [4.69, 9.17) is 5.14 Å². The quantitative estimate of drug-likeness (QED) is 0.737. The largest absolute Gasteiger partial charge is 0.336 e. The summed E-state index contributed by atoms with van der Waals surface area (Å²) in [5, 5.41) is 5.09. The molecule has 29 heavy (non-hydrogen) atoms. The lowest BCUT2D eigenvalue weighted by atomic mass is 10.0. The maximum atomic E-state index is 12.9. The van der Waals surface area contributed by atoms with Crippen LogP contribution in [0.5, 0.6) is 0 Å². The maximum Gasteiger partial charge on any atom is 0.253 e. The van der Waals surface area contributed by atoms with Crippen molar-refractivity contribution in [3.05, 3.63) is 65.7 Å². The van der Waals surface area contributed by atoms with E-state index in [9.17, 15) is 21.6 Å². The molecule has 1 aliphatic rings. The summed E-state index contributed by atoms with van der Waals surface area (Å²) >= 11 is 0. The Hall–Kier alpha value is -2.27. The fourth-order valence-corrected chi connectivity index (χ4v) is 5.09. The van der Waals surface area contributed by atoms with Gasteiger partial charge in [-0.3, -0.25) is 4.79 Å². The van der Waals surface area contributed by atoms with Gasteiger partial charge in [-0.1, -0.05) is 30.3 Å². The van der Waals surface area contributed by atoms with E-state index in [0.29, 0.717) is 12.0 Å². The van der Waals surface area contributed by atoms with E-state index in [0.717, 1.165) is 5.56 Å². The normalized spacial score (nSPS) is 18.6. The van der Waals surface area contributed by atoms with Crippen molar-refractivity contribution in [3.63, 3.8) is 0 Å². The topological polar surface area (TPSA) is 118 Å². The second kappa shape index (κ2) is 8.23. The number of carbonyl (C=O) groups excluding carboxylic acids is 1. The fraction of sp³-hybridized carbons (Fsp3) is 0.316. The first-order valence-corrected chi connectivity index (χ1v) is 12.4. The molecule has 1 atom stereocenters. The monoisotopic (exact) mass is 437 g/mol. The molecule has 3 rings (SSSR count). The van der Waals surface area contributed by atoms with Crippen LogP contribution in [0.25, 0.3) is 0 Å². The lowest BCUT2D eigenvalue weighted by molar-refractivity contribution is 0.0628. The van der Waals surface area contributed by atoms with Gasteiger partial charge in [0, 0.05) is 31.2 Å². The Morgan fingerprint density at radius 1 is 1.00 bits per heavy atom. The Labute approximate surface area is 171 Å². The van der Waals surface area contributed by atoms with Gasteiger partial charge in [-0.25, -0.2) is 22.0 Å². The van der Waals surface area contributed by atoms with E-state index in [-0.39, 0.29) is 36.5 Å². The van der Waals surface area contributed by atoms with Crippen LogP contribution in [0.2, 0.25) is 0 Å². The van der Waals surface area contributed by atoms with E-state index in [1.807, 2.05) is 30.3 Å². The summed E-state index contributed by atoms with van der Waals surface area (Å²) in [6, 6.07) is 14.5. The summed E-state index contributed by atoms with van der Waals surface area (Å²) in [6.07, 6.45) is 1.66. The van der Waals surface area contributed by atoms with Crippen molar-refractivity contribution >= 4 is 26.0 Å². The van der Waals surface area contributed by atoms with Gasteiger partial charge in [0.15, 0.2) is 0 Å². The summed E-state index contributed by atoms with van der Waals surface area (Å²) < 4.78 is 48.6. The maximum absolute atomic E-state index is 12.9. The predicted octanol–water partition coefficient (Wildman–Crippen LogP) is 0.663. The Morgan fingerprint density at radius 2 is 1.62 bits per heavy atom.